The number of nitrogens with zero attached hydrogens (tertiary/aromatic N) is 2. The predicted molar refractivity (Wildman–Crippen MR) is 127 cm³/mol. The second kappa shape index (κ2) is 10.1. The number of ether oxygens (including phenoxy) is 2. The first-order chi connectivity index (χ1) is 16.7. The Balaban J connectivity index is 1.20. The summed E-state index contributed by atoms with van der Waals surface area (Å²) in [7, 11) is 0. The molecule has 0 saturated heterocycles. The molecule has 8 nitrogen and oxygen atoms in total. The minimum atomic E-state index is -0.344. The smallest absolute Gasteiger partial charge is 0.306 e. The van der Waals surface area contributed by atoms with Crippen molar-refractivity contribution in [1.29, 1.82) is 0 Å². The van der Waals surface area contributed by atoms with E-state index in [9.17, 15) is 9.59 Å². The van der Waals surface area contributed by atoms with E-state index in [1.165, 1.54) is 0 Å². The lowest BCUT2D eigenvalue weighted by Gasteiger charge is -2.32. The van der Waals surface area contributed by atoms with Crippen molar-refractivity contribution >= 4 is 23.6 Å². The van der Waals surface area contributed by atoms with Crippen LogP contribution in [0.3, 0.4) is 0 Å². The maximum Gasteiger partial charge on any atom is 0.306 e. The maximum atomic E-state index is 12.8. The van der Waals surface area contributed by atoms with Gasteiger partial charge in [-0.1, -0.05) is 73.5 Å². The third kappa shape index (κ3) is 4.95. The van der Waals surface area contributed by atoms with Gasteiger partial charge in [0.2, 0.25) is 0 Å². The third-order valence-corrected chi connectivity index (χ3v) is 6.46. The van der Waals surface area contributed by atoms with E-state index in [2.05, 4.69) is 20.6 Å². The number of rotatable bonds is 6. The predicted octanol–water partition coefficient (Wildman–Crippen LogP) is 2.87. The molecule has 1 saturated carbocycles. The quantitative estimate of drug-likeness (QED) is 0.692. The van der Waals surface area contributed by atoms with Gasteiger partial charge in [-0.3, -0.25) is 9.59 Å². The van der Waals surface area contributed by atoms with E-state index < -0.39 is 0 Å². The van der Waals surface area contributed by atoms with Gasteiger partial charge in [0.25, 0.3) is 11.8 Å². The van der Waals surface area contributed by atoms with Gasteiger partial charge in [-0.2, -0.15) is 0 Å². The van der Waals surface area contributed by atoms with Crippen LogP contribution in [-0.4, -0.2) is 48.9 Å². The highest BCUT2D eigenvalue weighted by molar-refractivity contribution is 6.36. The van der Waals surface area contributed by atoms with Crippen molar-refractivity contribution in [3.63, 3.8) is 0 Å². The van der Waals surface area contributed by atoms with E-state index in [0.29, 0.717) is 13.2 Å². The fourth-order valence-electron chi connectivity index (χ4n) is 4.62. The number of carbonyl (C=O) groups excluding carboxylic acids is 2. The summed E-state index contributed by atoms with van der Waals surface area (Å²) < 4.78 is 11.2. The Kier molecular flexibility index (Phi) is 6.56. The number of hydrogen-bond donors (Lipinski definition) is 2. The van der Waals surface area contributed by atoms with Crippen LogP contribution in [0.25, 0.3) is 0 Å². The number of amides is 2. The molecule has 176 valence electrons. The second-order valence-corrected chi connectivity index (χ2v) is 8.79. The van der Waals surface area contributed by atoms with Gasteiger partial charge in [0.05, 0.1) is 0 Å². The summed E-state index contributed by atoms with van der Waals surface area (Å²) in [5.74, 6) is -0.497. The van der Waals surface area contributed by atoms with E-state index >= 15 is 0 Å². The monoisotopic (exact) mass is 460 g/mol. The molecule has 1 aliphatic carbocycles. The van der Waals surface area contributed by atoms with Crippen molar-refractivity contribution in [1.82, 2.24) is 10.6 Å². The Labute approximate surface area is 198 Å². The Morgan fingerprint density at radius 3 is 1.50 bits per heavy atom. The van der Waals surface area contributed by atoms with Gasteiger partial charge in [-0.15, -0.1) is 0 Å². The molecule has 2 aromatic carbocycles. The van der Waals surface area contributed by atoms with E-state index in [-0.39, 0.29) is 47.8 Å². The first-order valence-electron chi connectivity index (χ1n) is 11.8. The minimum Gasteiger partial charge on any atom is -0.471 e. The average Bonchev–Trinajstić information content (AvgIpc) is 3.57. The van der Waals surface area contributed by atoms with Crippen molar-refractivity contribution in [2.75, 3.05) is 13.2 Å². The standard InChI is InChI=1S/C26H28N4O4/c31-23(25-29-21(15-33-25)17-9-3-1-4-10-17)27-19-13-7-8-14-20(19)28-24(32)26-30-22(16-34-26)18-11-5-2-6-12-18/h1-6,9-12,19-22H,7-8,13-16H2,(H,27,31)(H,28,32)/t19-,20-,21+,22+/m0/s1. The molecule has 2 heterocycles. The fourth-order valence-corrected chi connectivity index (χ4v) is 4.62. The number of benzene rings is 2. The Bertz CT molecular complexity index is 999. The minimum absolute atomic E-state index is 0.0960. The van der Waals surface area contributed by atoms with E-state index in [1.807, 2.05) is 60.7 Å². The molecule has 0 radical (unpaired) electrons. The van der Waals surface area contributed by atoms with Crippen LogP contribution < -0.4 is 10.6 Å². The summed E-state index contributed by atoms with van der Waals surface area (Å²) in [6.45, 7) is 0.689. The molecule has 0 bridgehead atoms. The third-order valence-electron chi connectivity index (χ3n) is 6.46. The second-order valence-electron chi connectivity index (χ2n) is 8.79. The first kappa shape index (κ1) is 22.1. The molecule has 5 rings (SSSR count). The molecule has 2 N–H and O–H groups in total. The molecule has 2 aliphatic heterocycles. The maximum absolute atomic E-state index is 12.8. The number of aliphatic imine (C=N–C) groups is 2. The van der Waals surface area contributed by atoms with Gasteiger partial charge in [-0.05, 0) is 24.0 Å². The summed E-state index contributed by atoms with van der Waals surface area (Å²) in [6, 6.07) is 18.8. The molecule has 8 heteroatoms. The van der Waals surface area contributed by atoms with Crippen LogP contribution in [0.2, 0.25) is 0 Å². The van der Waals surface area contributed by atoms with Crippen LogP contribution in [0.5, 0.6) is 0 Å². The molecule has 0 unspecified atom stereocenters. The van der Waals surface area contributed by atoms with Gasteiger partial charge in [-0.25, -0.2) is 9.98 Å². The lowest BCUT2D eigenvalue weighted by Crippen LogP contribution is -2.55. The first-order valence-corrected chi connectivity index (χ1v) is 11.8. The lowest BCUT2D eigenvalue weighted by molar-refractivity contribution is -0.119. The van der Waals surface area contributed by atoms with Crippen molar-refractivity contribution < 1.29 is 19.1 Å². The van der Waals surface area contributed by atoms with Gasteiger partial charge in [0, 0.05) is 12.1 Å². The zero-order valence-electron chi connectivity index (χ0n) is 18.9. The summed E-state index contributed by atoms with van der Waals surface area (Å²) in [5, 5.41) is 6.05. The van der Waals surface area contributed by atoms with Crippen LogP contribution in [0, 0.1) is 0 Å². The molecule has 0 spiro atoms. The van der Waals surface area contributed by atoms with Gasteiger partial charge < -0.3 is 20.1 Å². The topological polar surface area (TPSA) is 101 Å². The molecule has 2 aromatic rings. The molecule has 4 atom stereocenters. The van der Waals surface area contributed by atoms with Crippen molar-refractivity contribution in [3.05, 3.63) is 71.8 Å². The van der Waals surface area contributed by atoms with Crippen LogP contribution >= 0.6 is 0 Å². The molecular weight excluding hydrogens is 432 g/mol. The number of hydrogen-bond acceptors (Lipinski definition) is 6. The average molecular weight is 461 g/mol. The Morgan fingerprint density at radius 1 is 0.676 bits per heavy atom. The van der Waals surface area contributed by atoms with Crippen LogP contribution in [0.4, 0.5) is 0 Å². The molecule has 0 aromatic heterocycles. The Hall–Kier alpha value is -3.68. The zero-order chi connectivity index (χ0) is 23.3. The highest BCUT2D eigenvalue weighted by Gasteiger charge is 2.34. The number of nitrogens with one attached hydrogen (secondary N) is 2. The van der Waals surface area contributed by atoms with E-state index in [1.54, 1.807) is 0 Å². The largest absolute Gasteiger partial charge is 0.471 e. The van der Waals surface area contributed by atoms with Crippen LogP contribution in [0.15, 0.2) is 70.6 Å². The van der Waals surface area contributed by atoms with Crippen molar-refractivity contribution in [2.24, 2.45) is 9.98 Å². The SMILES string of the molecule is O=C(N[C@H]1CCCC[C@@H]1NC(=O)C1=N[C@@H](c2ccccc2)CO1)C1=N[C@@H](c2ccccc2)CO1. The summed E-state index contributed by atoms with van der Waals surface area (Å²) >= 11 is 0. The van der Waals surface area contributed by atoms with Gasteiger partial charge in [0.1, 0.15) is 25.3 Å². The summed E-state index contributed by atoms with van der Waals surface area (Å²) in [4.78, 5) is 34.6. The van der Waals surface area contributed by atoms with E-state index in [4.69, 9.17) is 9.47 Å². The zero-order valence-corrected chi connectivity index (χ0v) is 18.9. The van der Waals surface area contributed by atoms with Crippen molar-refractivity contribution in [2.45, 2.75) is 49.9 Å². The normalized spacial score (nSPS) is 26.0. The Morgan fingerprint density at radius 2 is 1.09 bits per heavy atom. The summed E-state index contributed by atoms with van der Waals surface area (Å²) in [5.41, 5.74) is 2.03. The van der Waals surface area contributed by atoms with E-state index in [0.717, 1.165) is 36.8 Å². The highest BCUT2D eigenvalue weighted by Crippen LogP contribution is 2.25. The molecular formula is C26H28N4O4. The molecule has 2 amide bonds. The van der Waals surface area contributed by atoms with Gasteiger partial charge >= 0.3 is 11.8 Å². The fraction of sp³-hybridized carbons (Fsp3) is 0.385. The molecule has 34 heavy (non-hydrogen) atoms. The van der Waals surface area contributed by atoms with Crippen molar-refractivity contribution in [3.8, 4) is 0 Å². The van der Waals surface area contributed by atoms with Crippen LogP contribution in [0.1, 0.15) is 48.9 Å². The lowest BCUT2D eigenvalue weighted by atomic mass is 9.90. The summed E-state index contributed by atoms with van der Waals surface area (Å²) in [6.07, 6.45) is 3.49. The van der Waals surface area contributed by atoms with Gasteiger partial charge in [0.15, 0.2) is 0 Å². The molecule has 1 fully saturated rings. The molecule has 3 aliphatic rings. The number of carbonyl (C=O) groups is 2. The van der Waals surface area contributed by atoms with Crippen LogP contribution in [-0.2, 0) is 19.1 Å². The highest BCUT2D eigenvalue weighted by atomic mass is 16.5.